The quantitative estimate of drug-likeness (QED) is 0.617. The molecular formula is C10H7O2. The van der Waals surface area contributed by atoms with Gasteiger partial charge in [-0.3, -0.25) is 0 Å². The van der Waals surface area contributed by atoms with Gasteiger partial charge in [0.25, 0.3) is 0 Å². The van der Waals surface area contributed by atoms with Crippen molar-refractivity contribution in [2.45, 2.75) is 0 Å². The first-order chi connectivity index (χ1) is 5.75. The molecule has 0 atom stereocenters. The van der Waals surface area contributed by atoms with Gasteiger partial charge in [-0.25, -0.2) is 0 Å². The lowest BCUT2D eigenvalue weighted by Gasteiger charge is -1.98. The molecule has 0 aliphatic carbocycles. The van der Waals surface area contributed by atoms with Crippen LogP contribution in [0.1, 0.15) is 0 Å². The summed E-state index contributed by atoms with van der Waals surface area (Å²) in [4.78, 5) is 0. The Hall–Kier alpha value is -1.70. The Morgan fingerprint density at radius 2 is 1.83 bits per heavy atom. The summed E-state index contributed by atoms with van der Waals surface area (Å²) in [6, 6.07) is 10.9. The van der Waals surface area contributed by atoms with E-state index in [0.717, 1.165) is 10.8 Å². The zero-order valence-corrected chi connectivity index (χ0v) is 6.28. The molecule has 0 aliphatic rings. The topological polar surface area (TPSA) is 40.5 Å². The van der Waals surface area contributed by atoms with Crippen molar-refractivity contribution < 1.29 is 10.2 Å². The molecule has 2 nitrogen and oxygen atoms in total. The Kier molecular flexibility index (Phi) is 1.40. The van der Waals surface area contributed by atoms with E-state index in [4.69, 9.17) is 10.2 Å². The Balaban J connectivity index is 2.79. The predicted octanol–water partition coefficient (Wildman–Crippen LogP) is 2.05. The Morgan fingerprint density at radius 3 is 2.67 bits per heavy atom. The second-order valence-electron chi connectivity index (χ2n) is 2.63. The van der Waals surface area contributed by atoms with Crippen molar-refractivity contribution in [3.8, 4) is 11.5 Å². The van der Waals surface area contributed by atoms with Crippen LogP contribution in [0.25, 0.3) is 10.8 Å². The lowest BCUT2D eigenvalue weighted by atomic mass is 10.1. The molecule has 0 aromatic heterocycles. The normalized spacial score (nSPS) is 10.3. The molecule has 2 N–H and O–H groups in total. The van der Waals surface area contributed by atoms with Crippen LogP contribution in [0.15, 0.2) is 30.3 Å². The van der Waals surface area contributed by atoms with Gasteiger partial charge in [0.15, 0.2) is 0 Å². The molecule has 2 aromatic rings. The largest absolute Gasteiger partial charge is 0.508 e. The van der Waals surface area contributed by atoms with Crippen LogP contribution in [0.3, 0.4) is 0 Å². The highest BCUT2D eigenvalue weighted by Gasteiger charge is 1.95. The molecule has 0 unspecified atom stereocenters. The SMILES string of the molecule is Oc1ccc2cc(O)c[c]c2c1. The summed E-state index contributed by atoms with van der Waals surface area (Å²) in [7, 11) is 0. The van der Waals surface area contributed by atoms with Gasteiger partial charge in [-0.05, 0) is 41.1 Å². The third-order valence-electron chi connectivity index (χ3n) is 1.72. The van der Waals surface area contributed by atoms with Crippen LogP contribution in [-0.2, 0) is 0 Å². The van der Waals surface area contributed by atoms with Crippen molar-refractivity contribution in [1.29, 1.82) is 0 Å². The number of hydrogen-bond donors (Lipinski definition) is 2. The average Bonchev–Trinajstić information content (AvgIpc) is 2.05. The van der Waals surface area contributed by atoms with Crippen LogP contribution in [0.4, 0.5) is 0 Å². The summed E-state index contributed by atoms with van der Waals surface area (Å²) in [6.07, 6.45) is 0. The van der Waals surface area contributed by atoms with Gasteiger partial charge in [-0.15, -0.1) is 0 Å². The Labute approximate surface area is 69.7 Å². The Morgan fingerprint density at radius 1 is 1.00 bits per heavy atom. The number of phenols is 2. The number of hydrogen-bond acceptors (Lipinski definition) is 2. The summed E-state index contributed by atoms with van der Waals surface area (Å²) in [5.41, 5.74) is 0. The molecular weight excluding hydrogens is 152 g/mol. The fourth-order valence-electron chi connectivity index (χ4n) is 1.15. The number of fused-ring (bicyclic) bond motifs is 1. The van der Waals surface area contributed by atoms with Gasteiger partial charge in [-0.2, -0.15) is 0 Å². The smallest absolute Gasteiger partial charge is 0.116 e. The molecule has 0 bridgehead atoms. The number of rotatable bonds is 0. The van der Waals surface area contributed by atoms with E-state index in [0.29, 0.717) is 0 Å². The predicted molar refractivity (Wildman–Crippen MR) is 46.1 cm³/mol. The summed E-state index contributed by atoms with van der Waals surface area (Å²) in [5, 5.41) is 19.9. The fraction of sp³-hybridized carbons (Fsp3) is 0. The molecule has 12 heavy (non-hydrogen) atoms. The van der Waals surface area contributed by atoms with Crippen LogP contribution >= 0.6 is 0 Å². The summed E-state index contributed by atoms with van der Waals surface area (Å²) in [6.45, 7) is 0. The van der Waals surface area contributed by atoms with E-state index in [1.165, 1.54) is 6.07 Å². The van der Waals surface area contributed by atoms with Gasteiger partial charge < -0.3 is 10.2 Å². The van der Waals surface area contributed by atoms with Gasteiger partial charge in [0.1, 0.15) is 11.5 Å². The van der Waals surface area contributed by atoms with Crippen LogP contribution in [-0.4, -0.2) is 10.2 Å². The molecule has 0 amide bonds. The fourth-order valence-corrected chi connectivity index (χ4v) is 1.15. The highest BCUT2D eigenvalue weighted by molar-refractivity contribution is 5.84. The molecule has 0 aliphatic heterocycles. The minimum atomic E-state index is 0.188. The van der Waals surface area contributed by atoms with E-state index in [9.17, 15) is 0 Å². The van der Waals surface area contributed by atoms with Crippen LogP contribution in [0, 0.1) is 6.07 Å². The first kappa shape index (κ1) is 6.98. The minimum Gasteiger partial charge on any atom is -0.508 e. The van der Waals surface area contributed by atoms with Crippen LogP contribution in [0.2, 0.25) is 0 Å². The summed E-state index contributed by atoms with van der Waals surface area (Å²) in [5.74, 6) is 0.401. The first-order valence-corrected chi connectivity index (χ1v) is 3.59. The maximum Gasteiger partial charge on any atom is 0.116 e. The maximum absolute atomic E-state index is 9.12. The van der Waals surface area contributed by atoms with Gasteiger partial charge in [-0.1, -0.05) is 6.07 Å². The van der Waals surface area contributed by atoms with Gasteiger partial charge in [0, 0.05) is 0 Å². The van der Waals surface area contributed by atoms with Crippen molar-refractivity contribution in [1.82, 2.24) is 0 Å². The second kappa shape index (κ2) is 2.41. The van der Waals surface area contributed by atoms with Crippen molar-refractivity contribution in [2.75, 3.05) is 0 Å². The van der Waals surface area contributed by atoms with E-state index < -0.39 is 0 Å². The average molecular weight is 159 g/mol. The van der Waals surface area contributed by atoms with Gasteiger partial charge in [0.2, 0.25) is 0 Å². The molecule has 0 fully saturated rings. The van der Waals surface area contributed by atoms with Crippen LogP contribution in [0.5, 0.6) is 11.5 Å². The molecule has 59 valence electrons. The van der Waals surface area contributed by atoms with Crippen molar-refractivity contribution >= 4 is 10.8 Å². The van der Waals surface area contributed by atoms with Gasteiger partial charge in [0.05, 0.1) is 0 Å². The molecule has 0 saturated carbocycles. The minimum absolute atomic E-state index is 0.188. The number of aromatic hydroxyl groups is 2. The third kappa shape index (κ3) is 1.07. The van der Waals surface area contributed by atoms with Crippen molar-refractivity contribution in [3.05, 3.63) is 36.4 Å². The second-order valence-corrected chi connectivity index (χ2v) is 2.63. The van der Waals surface area contributed by atoms with E-state index in [-0.39, 0.29) is 11.5 Å². The highest BCUT2D eigenvalue weighted by atomic mass is 16.3. The van der Waals surface area contributed by atoms with E-state index in [2.05, 4.69) is 6.07 Å². The zero-order valence-electron chi connectivity index (χ0n) is 6.28. The third-order valence-corrected chi connectivity index (χ3v) is 1.72. The molecule has 0 spiro atoms. The van der Waals surface area contributed by atoms with Crippen molar-refractivity contribution in [3.63, 3.8) is 0 Å². The van der Waals surface area contributed by atoms with E-state index in [1.807, 2.05) is 0 Å². The van der Waals surface area contributed by atoms with Crippen molar-refractivity contribution in [2.24, 2.45) is 0 Å². The van der Waals surface area contributed by atoms with Gasteiger partial charge >= 0.3 is 0 Å². The van der Waals surface area contributed by atoms with E-state index in [1.54, 1.807) is 24.3 Å². The lowest BCUT2D eigenvalue weighted by molar-refractivity contribution is 0.474. The highest BCUT2D eigenvalue weighted by Crippen LogP contribution is 2.22. The monoisotopic (exact) mass is 159 g/mol. The lowest BCUT2D eigenvalue weighted by Crippen LogP contribution is -1.72. The standard InChI is InChI=1S/C10H7O2/c11-9-3-1-7-5-10(12)4-2-8(7)6-9/h1,3-6,11-12H. The molecule has 2 heteroatoms. The molecule has 2 rings (SSSR count). The zero-order chi connectivity index (χ0) is 8.55. The summed E-state index contributed by atoms with van der Waals surface area (Å²) >= 11 is 0. The first-order valence-electron chi connectivity index (χ1n) is 3.59. The number of phenolic OH excluding ortho intramolecular Hbond substituents is 2. The summed E-state index contributed by atoms with van der Waals surface area (Å²) < 4.78 is 0. The molecule has 0 heterocycles. The molecule has 2 aromatic carbocycles. The maximum atomic E-state index is 9.12. The molecule has 0 saturated heterocycles. The molecule has 1 radical (unpaired) electrons. The van der Waals surface area contributed by atoms with E-state index >= 15 is 0 Å². The van der Waals surface area contributed by atoms with Crippen LogP contribution < -0.4 is 0 Å². The Bertz CT molecular complexity index is 380. The number of benzene rings is 2.